The van der Waals surface area contributed by atoms with Crippen LogP contribution >= 0.6 is 0 Å². The molecule has 0 amide bonds. The largest absolute Gasteiger partial charge is 0.399 e. The molecule has 2 aliphatic rings. The third-order valence-electron chi connectivity index (χ3n) is 5.41. The minimum atomic E-state index is -1.67. The third kappa shape index (κ3) is 2.37. The summed E-state index contributed by atoms with van der Waals surface area (Å²) in [6.45, 7) is 3.91. The second-order valence-electron chi connectivity index (χ2n) is 6.53. The van der Waals surface area contributed by atoms with E-state index < -0.39 is 17.2 Å². The number of rotatable bonds is 2. The number of nitrogens with two attached hydrogens (primary N) is 1. The quantitative estimate of drug-likeness (QED) is 0.829. The summed E-state index contributed by atoms with van der Waals surface area (Å²) in [5.41, 5.74) is 5.49. The lowest BCUT2D eigenvalue weighted by Gasteiger charge is -2.44. The Bertz CT molecular complexity index is 911. The molecule has 6 heteroatoms. The van der Waals surface area contributed by atoms with E-state index in [2.05, 4.69) is 11.0 Å². The fourth-order valence-corrected chi connectivity index (χ4v) is 4.03. The predicted molar refractivity (Wildman–Crippen MR) is 93.3 cm³/mol. The maximum absolute atomic E-state index is 14.6. The highest BCUT2D eigenvalue weighted by Crippen LogP contribution is 2.53. The average molecular weight is 347 g/mol. The number of nitrogens with zero attached hydrogens (tertiary/aromatic N) is 4. The van der Waals surface area contributed by atoms with Gasteiger partial charge in [0, 0.05) is 24.9 Å². The molecule has 0 bridgehead atoms. The zero-order valence-corrected chi connectivity index (χ0v) is 14.4. The summed E-state index contributed by atoms with van der Waals surface area (Å²) in [6.07, 6.45) is 1.85. The van der Waals surface area contributed by atoms with Gasteiger partial charge < -0.3 is 5.73 Å². The normalized spacial score (nSPS) is 24.7. The number of allylic oxidation sites excluding steroid dienone is 2. The van der Waals surface area contributed by atoms with Crippen LogP contribution in [0.15, 0.2) is 47.2 Å². The van der Waals surface area contributed by atoms with Crippen molar-refractivity contribution in [1.82, 2.24) is 4.90 Å². The van der Waals surface area contributed by atoms with Gasteiger partial charge in [-0.2, -0.15) is 15.8 Å². The first-order valence-electron chi connectivity index (χ1n) is 8.44. The van der Waals surface area contributed by atoms with Gasteiger partial charge in [0.05, 0.1) is 29.5 Å². The molecule has 1 aliphatic carbocycles. The van der Waals surface area contributed by atoms with E-state index in [4.69, 9.17) is 5.73 Å². The van der Waals surface area contributed by atoms with Crippen molar-refractivity contribution in [3.63, 3.8) is 0 Å². The molecule has 0 spiro atoms. The van der Waals surface area contributed by atoms with E-state index in [9.17, 15) is 20.2 Å². The van der Waals surface area contributed by atoms with E-state index in [1.807, 2.05) is 25.1 Å². The minimum Gasteiger partial charge on any atom is -0.399 e. The summed E-state index contributed by atoms with van der Waals surface area (Å²) in [5, 5.41) is 29.3. The van der Waals surface area contributed by atoms with Crippen LogP contribution in [0.5, 0.6) is 0 Å². The first-order chi connectivity index (χ1) is 12.5. The van der Waals surface area contributed by atoms with Crippen molar-refractivity contribution in [2.75, 3.05) is 19.6 Å². The zero-order valence-electron chi connectivity index (χ0n) is 14.4. The molecule has 5 nitrogen and oxygen atoms in total. The monoisotopic (exact) mass is 347 g/mol. The Labute approximate surface area is 152 Å². The number of fused-ring (bicyclic) bond motifs is 1. The Hall–Kier alpha value is -3.14. The molecule has 2 atom stereocenters. The van der Waals surface area contributed by atoms with Crippen LogP contribution in [0.4, 0.5) is 4.39 Å². The fraction of sp³-hybridized carbons (Fsp3) is 0.350. The van der Waals surface area contributed by atoms with E-state index >= 15 is 0 Å². The Morgan fingerprint density at radius 2 is 1.96 bits per heavy atom. The molecule has 1 aromatic rings. The molecule has 1 aromatic carbocycles. The first kappa shape index (κ1) is 17.7. The maximum atomic E-state index is 14.6. The van der Waals surface area contributed by atoms with Gasteiger partial charge >= 0.3 is 0 Å². The summed E-state index contributed by atoms with van der Waals surface area (Å²) >= 11 is 0. The maximum Gasteiger partial charge on any atom is 0.204 e. The minimum absolute atomic E-state index is 0.0781. The number of nitriles is 3. The van der Waals surface area contributed by atoms with E-state index in [1.165, 1.54) is 6.07 Å². The highest BCUT2D eigenvalue weighted by Gasteiger charge is 2.52. The average Bonchev–Trinajstić information content (AvgIpc) is 2.68. The molecule has 2 N–H and O–H groups in total. The van der Waals surface area contributed by atoms with Gasteiger partial charge in [-0.15, -0.1) is 0 Å². The SMILES string of the molecule is CCN1CC=C2[C@H](C1)[C@H](c1ccccc1F)C(C#N)=C(N)C2(C#N)C#N. The second-order valence-corrected chi connectivity index (χ2v) is 6.53. The van der Waals surface area contributed by atoms with Crippen molar-refractivity contribution in [2.45, 2.75) is 12.8 Å². The van der Waals surface area contributed by atoms with Crippen LogP contribution in [0.3, 0.4) is 0 Å². The molecule has 0 unspecified atom stereocenters. The van der Waals surface area contributed by atoms with Gasteiger partial charge in [-0.05, 0) is 23.7 Å². The second kappa shape index (κ2) is 6.64. The third-order valence-corrected chi connectivity index (χ3v) is 5.41. The van der Waals surface area contributed by atoms with E-state index in [0.717, 1.165) is 6.54 Å². The number of hydrogen-bond donors (Lipinski definition) is 1. The Morgan fingerprint density at radius 1 is 1.27 bits per heavy atom. The molecular weight excluding hydrogens is 329 g/mol. The lowest BCUT2D eigenvalue weighted by atomic mass is 9.60. The molecule has 0 aromatic heterocycles. The number of halogens is 1. The molecule has 0 radical (unpaired) electrons. The standard InChI is InChI=1S/C20H18FN5/c1-2-26-8-7-16-15(10-26)18(13-5-3-4-6-17(13)21)14(9-22)19(25)20(16,11-23)12-24/h3-7,15,18H,2,8,10,25H2,1H3/t15-,18+/m0/s1. The molecule has 1 aliphatic heterocycles. The van der Waals surface area contributed by atoms with Gasteiger partial charge in [0.25, 0.3) is 0 Å². The first-order valence-corrected chi connectivity index (χ1v) is 8.44. The van der Waals surface area contributed by atoms with Crippen molar-refractivity contribution in [1.29, 1.82) is 15.8 Å². The van der Waals surface area contributed by atoms with Gasteiger partial charge in [0.15, 0.2) is 0 Å². The van der Waals surface area contributed by atoms with Gasteiger partial charge in [-0.25, -0.2) is 4.39 Å². The summed E-state index contributed by atoms with van der Waals surface area (Å²) in [6, 6.07) is 12.4. The summed E-state index contributed by atoms with van der Waals surface area (Å²) in [4.78, 5) is 2.14. The molecule has 1 heterocycles. The smallest absolute Gasteiger partial charge is 0.204 e. The topological polar surface area (TPSA) is 101 Å². The van der Waals surface area contributed by atoms with Crippen molar-refractivity contribution >= 4 is 0 Å². The van der Waals surface area contributed by atoms with Crippen LogP contribution in [-0.2, 0) is 0 Å². The van der Waals surface area contributed by atoms with Crippen LogP contribution in [0.25, 0.3) is 0 Å². The van der Waals surface area contributed by atoms with Crippen LogP contribution in [0, 0.1) is 51.1 Å². The predicted octanol–water partition coefficient (Wildman–Crippen LogP) is 2.57. The van der Waals surface area contributed by atoms with Gasteiger partial charge in [0.1, 0.15) is 5.82 Å². The summed E-state index contributed by atoms with van der Waals surface area (Å²) < 4.78 is 14.6. The summed E-state index contributed by atoms with van der Waals surface area (Å²) in [7, 11) is 0. The summed E-state index contributed by atoms with van der Waals surface area (Å²) in [5.74, 6) is -1.40. The Balaban J connectivity index is 2.32. The van der Waals surface area contributed by atoms with Gasteiger partial charge in [-0.1, -0.05) is 31.2 Å². The van der Waals surface area contributed by atoms with E-state index in [-0.39, 0.29) is 17.2 Å². The molecule has 0 fully saturated rings. The number of benzene rings is 1. The van der Waals surface area contributed by atoms with Crippen LogP contribution < -0.4 is 5.73 Å². The fourth-order valence-electron chi connectivity index (χ4n) is 4.03. The zero-order chi connectivity index (χ0) is 18.9. The Kier molecular flexibility index (Phi) is 4.51. The molecule has 130 valence electrons. The molecule has 0 saturated carbocycles. The number of likely N-dealkylation sites (N-methyl/N-ethyl adjacent to an activating group) is 1. The van der Waals surface area contributed by atoms with E-state index in [1.54, 1.807) is 18.2 Å². The molecular formula is C20H18FN5. The number of hydrogen-bond acceptors (Lipinski definition) is 5. The molecule has 0 saturated heterocycles. The highest BCUT2D eigenvalue weighted by molar-refractivity contribution is 5.58. The molecule has 3 rings (SSSR count). The van der Waals surface area contributed by atoms with Crippen LogP contribution in [0.1, 0.15) is 18.4 Å². The van der Waals surface area contributed by atoms with Crippen molar-refractivity contribution in [3.8, 4) is 18.2 Å². The van der Waals surface area contributed by atoms with Crippen molar-refractivity contribution in [2.24, 2.45) is 17.1 Å². The van der Waals surface area contributed by atoms with Crippen LogP contribution in [-0.4, -0.2) is 24.5 Å². The Morgan fingerprint density at radius 3 is 2.54 bits per heavy atom. The van der Waals surface area contributed by atoms with Crippen LogP contribution in [0.2, 0.25) is 0 Å². The highest BCUT2D eigenvalue weighted by atomic mass is 19.1. The lowest BCUT2D eigenvalue weighted by molar-refractivity contribution is 0.233. The molecule has 26 heavy (non-hydrogen) atoms. The van der Waals surface area contributed by atoms with Crippen molar-refractivity contribution in [3.05, 3.63) is 58.6 Å². The van der Waals surface area contributed by atoms with Gasteiger partial charge in [-0.3, -0.25) is 4.90 Å². The van der Waals surface area contributed by atoms with Crippen molar-refractivity contribution < 1.29 is 4.39 Å². The lowest BCUT2D eigenvalue weighted by Crippen LogP contribution is -2.47. The van der Waals surface area contributed by atoms with Gasteiger partial charge in [0.2, 0.25) is 5.41 Å². The van der Waals surface area contributed by atoms with E-state index in [0.29, 0.717) is 24.2 Å².